The first kappa shape index (κ1) is 12.2. The normalized spacial score (nSPS) is 31.2. The maximum absolute atomic E-state index is 12.3. The Kier molecular flexibility index (Phi) is 2.98. The minimum absolute atomic E-state index is 0.108. The Labute approximate surface area is 103 Å². The van der Waals surface area contributed by atoms with Crippen molar-refractivity contribution in [3.05, 3.63) is 23.8 Å². The second-order valence-corrected chi connectivity index (χ2v) is 4.95. The summed E-state index contributed by atoms with van der Waals surface area (Å²) >= 11 is 0. The molecule has 1 saturated heterocycles. The summed E-state index contributed by atoms with van der Waals surface area (Å²) in [6.07, 6.45) is 5.56. The van der Waals surface area contributed by atoms with E-state index >= 15 is 0 Å². The van der Waals surface area contributed by atoms with Crippen LogP contribution in [0.4, 0.5) is 0 Å². The quantitative estimate of drug-likeness (QED) is 0.531. The summed E-state index contributed by atoms with van der Waals surface area (Å²) in [4.78, 5) is 25.8. The summed E-state index contributed by atoms with van der Waals surface area (Å²) in [6, 6.07) is -0.248. The third kappa shape index (κ3) is 1.76. The molecule has 1 aliphatic carbocycles. The number of carbonyl (C=O) groups is 2. The zero-order valence-electron chi connectivity index (χ0n) is 10.4. The Balaban J connectivity index is 2.35. The van der Waals surface area contributed by atoms with Gasteiger partial charge in [0.25, 0.3) is 0 Å². The lowest BCUT2D eigenvalue weighted by Gasteiger charge is -2.26. The van der Waals surface area contributed by atoms with E-state index in [1.54, 1.807) is 0 Å². The van der Waals surface area contributed by atoms with Crippen LogP contribution in [0.1, 0.15) is 20.8 Å². The van der Waals surface area contributed by atoms with Gasteiger partial charge in [0, 0.05) is 6.04 Å². The Morgan fingerprint density at radius 2 is 1.94 bits per heavy atom. The lowest BCUT2D eigenvalue weighted by Crippen LogP contribution is -2.41. The number of amides is 2. The molecule has 2 unspecified atom stereocenters. The highest BCUT2D eigenvalue weighted by atomic mass is 16.2. The molecule has 1 fully saturated rings. The van der Waals surface area contributed by atoms with Crippen LogP contribution in [-0.4, -0.2) is 30.6 Å². The molecule has 2 aliphatic rings. The zero-order valence-corrected chi connectivity index (χ0v) is 10.4. The minimum atomic E-state index is -0.325. The molecule has 2 amide bonds. The van der Waals surface area contributed by atoms with Gasteiger partial charge in [-0.05, 0) is 13.8 Å². The van der Waals surface area contributed by atoms with Crippen molar-refractivity contribution >= 4 is 19.7 Å². The number of rotatable bonds is 2. The minimum Gasteiger partial charge on any atom is -0.279 e. The number of hydrogen-bond donors (Lipinski definition) is 0. The molecule has 1 heterocycles. The smallest absolute Gasteiger partial charge is 0.237 e. The van der Waals surface area contributed by atoms with E-state index in [0.29, 0.717) is 0 Å². The molecule has 17 heavy (non-hydrogen) atoms. The van der Waals surface area contributed by atoms with Crippen molar-refractivity contribution in [2.75, 3.05) is 0 Å². The number of likely N-dealkylation sites (tertiary alicyclic amines) is 1. The largest absolute Gasteiger partial charge is 0.279 e. The first-order chi connectivity index (χ1) is 7.95. The van der Waals surface area contributed by atoms with Gasteiger partial charge in [-0.1, -0.05) is 36.5 Å². The second-order valence-electron chi connectivity index (χ2n) is 4.95. The Hall–Kier alpha value is -1.32. The van der Waals surface area contributed by atoms with Crippen LogP contribution in [-0.2, 0) is 9.59 Å². The number of imide groups is 1. The van der Waals surface area contributed by atoms with Gasteiger partial charge in [0.15, 0.2) is 0 Å². The lowest BCUT2D eigenvalue weighted by molar-refractivity contribution is -0.141. The summed E-state index contributed by atoms with van der Waals surface area (Å²) < 4.78 is 0. The Morgan fingerprint density at radius 1 is 1.29 bits per heavy atom. The van der Waals surface area contributed by atoms with Crippen LogP contribution >= 0.6 is 0 Å². The fourth-order valence-electron chi connectivity index (χ4n) is 2.45. The molecule has 88 valence electrons. The lowest BCUT2D eigenvalue weighted by atomic mass is 9.83. The molecular weight excluding hydrogens is 213 g/mol. The molecule has 0 saturated carbocycles. The molecule has 0 bridgehead atoms. The van der Waals surface area contributed by atoms with E-state index in [0.717, 1.165) is 5.57 Å². The molecule has 3 nitrogen and oxygen atoms in total. The van der Waals surface area contributed by atoms with Crippen molar-refractivity contribution in [2.24, 2.45) is 11.8 Å². The zero-order chi connectivity index (χ0) is 12.7. The van der Waals surface area contributed by atoms with Gasteiger partial charge in [0.1, 0.15) is 0 Å². The van der Waals surface area contributed by atoms with Gasteiger partial charge in [0.2, 0.25) is 11.8 Å². The van der Waals surface area contributed by atoms with Crippen LogP contribution in [0, 0.1) is 11.8 Å². The third-order valence-corrected chi connectivity index (χ3v) is 3.72. The maximum atomic E-state index is 12.3. The summed E-state index contributed by atoms with van der Waals surface area (Å²) in [7, 11) is 5.79. The Bertz CT molecular complexity index is 425. The average Bonchev–Trinajstić information content (AvgIpc) is 2.52. The molecule has 0 aromatic carbocycles. The average molecular weight is 229 g/mol. The van der Waals surface area contributed by atoms with Gasteiger partial charge in [-0.15, -0.1) is 0 Å². The first-order valence-electron chi connectivity index (χ1n) is 5.92. The van der Waals surface area contributed by atoms with Gasteiger partial charge in [-0.25, -0.2) is 0 Å². The second kappa shape index (κ2) is 4.17. The van der Waals surface area contributed by atoms with Crippen molar-refractivity contribution in [1.82, 2.24) is 4.90 Å². The van der Waals surface area contributed by atoms with Crippen molar-refractivity contribution in [1.29, 1.82) is 0 Å². The molecule has 4 atom stereocenters. The summed E-state index contributed by atoms with van der Waals surface area (Å²) in [5.41, 5.74) is 0.954. The fraction of sp³-hybridized carbons (Fsp3) is 0.538. The van der Waals surface area contributed by atoms with Crippen molar-refractivity contribution < 1.29 is 9.59 Å². The van der Waals surface area contributed by atoms with Gasteiger partial charge in [0.05, 0.1) is 19.7 Å². The van der Waals surface area contributed by atoms with E-state index < -0.39 is 0 Å². The molecule has 4 heteroatoms. The van der Waals surface area contributed by atoms with Crippen LogP contribution < -0.4 is 0 Å². The number of nitrogens with zero attached hydrogens (tertiary/aromatic N) is 1. The van der Waals surface area contributed by atoms with Gasteiger partial charge in [-0.3, -0.25) is 14.5 Å². The topological polar surface area (TPSA) is 37.4 Å². The molecule has 2 radical (unpaired) electrons. The van der Waals surface area contributed by atoms with Crippen LogP contribution in [0.3, 0.4) is 0 Å². The van der Waals surface area contributed by atoms with E-state index in [9.17, 15) is 9.59 Å². The van der Waals surface area contributed by atoms with Crippen LogP contribution in [0.2, 0.25) is 5.82 Å². The fourth-order valence-corrected chi connectivity index (χ4v) is 2.45. The number of allylic oxidation sites excluding steroid dienone is 2. The van der Waals surface area contributed by atoms with E-state index in [2.05, 4.69) is 0 Å². The van der Waals surface area contributed by atoms with Gasteiger partial charge < -0.3 is 0 Å². The van der Waals surface area contributed by atoms with Crippen molar-refractivity contribution in [3.8, 4) is 0 Å². The SMILES string of the molecule is [B]C(C)[C@H](C)N1C(=O)C2C(C)=CC=C[C@H]2C1=O. The molecule has 0 aromatic rings. The molecular formula is C13H16BNO2. The highest BCUT2D eigenvalue weighted by molar-refractivity contribution is 6.13. The summed E-state index contributed by atoms with van der Waals surface area (Å²) in [6.45, 7) is 5.53. The van der Waals surface area contributed by atoms with Gasteiger partial charge in [-0.2, -0.15) is 0 Å². The third-order valence-electron chi connectivity index (χ3n) is 3.72. The molecule has 0 spiro atoms. The standard InChI is InChI=1S/C13H16BNO2/c1-7-5-4-6-10-11(7)13(17)15(12(10)16)9(3)8(2)14/h4-6,8-11H,1-3H3/t8?,9-,10+,11?/m0/s1. The van der Waals surface area contributed by atoms with Crippen LogP contribution in [0.25, 0.3) is 0 Å². The summed E-state index contributed by atoms with van der Waals surface area (Å²) in [5.74, 6) is -1.07. The van der Waals surface area contributed by atoms with E-state index in [1.165, 1.54) is 4.90 Å². The first-order valence-corrected chi connectivity index (χ1v) is 5.92. The summed E-state index contributed by atoms with van der Waals surface area (Å²) in [5, 5.41) is 0. The number of hydrogen-bond acceptors (Lipinski definition) is 2. The van der Waals surface area contributed by atoms with Crippen molar-refractivity contribution in [2.45, 2.75) is 32.6 Å². The van der Waals surface area contributed by atoms with Crippen LogP contribution in [0.5, 0.6) is 0 Å². The van der Waals surface area contributed by atoms with E-state index in [4.69, 9.17) is 7.85 Å². The molecule has 2 rings (SSSR count). The van der Waals surface area contributed by atoms with E-state index in [1.807, 2.05) is 39.0 Å². The Morgan fingerprint density at radius 3 is 2.47 bits per heavy atom. The molecule has 0 N–H and O–H groups in total. The highest BCUT2D eigenvalue weighted by Gasteiger charge is 2.49. The number of carbonyl (C=O) groups excluding carboxylic acids is 2. The predicted molar refractivity (Wildman–Crippen MR) is 66.4 cm³/mol. The molecule has 0 aromatic heterocycles. The maximum Gasteiger partial charge on any atom is 0.237 e. The van der Waals surface area contributed by atoms with Crippen LogP contribution in [0.15, 0.2) is 23.8 Å². The van der Waals surface area contributed by atoms with Crippen molar-refractivity contribution in [3.63, 3.8) is 0 Å². The predicted octanol–water partition coefficient (Wildman–Crippen LogP) is 1.47. The van der Waals surface area contributed by atoms with E-state index in [-0.39, 0.29) is 35.5 Å². The highest BCUT2D eigenvalue weighted by Crippen LogP contribution is 2.37. The van der Waals surface area contributed by atoms with Gasteiger partial charge >= 0.3 is 0 Å². The number of fused-ring (bicyclic) bond motifs is 1. The molecule has 1 aliphatic heterocycles. The monoisotopic (exact) mass is 229 g/mol.